The zero-order valence-electron chi connectivity index (χ0n) is 24.4. The van der Waals surface area contributed by atoms with Gasteiger partial charge in [-0.1, -0.05) is 48.0 Å². The van der Waals surface area contributed by atoms with Gasteiger partial charge in [-0.05, 0) is 43.5 Å². The molecule has 3 aromatic rings. The first kappa shape index (κ1) is 30.6. The molecule has 12 heteroatoms. The first-order chi connectivity index (χ1) is 20.0. The molecule has 2 amide bonds. The molecule has 0 aliphatic carbocycles. The Morgan fingerprint density at radius 3 is 2.40 bits per heavy atom. The Morgan fingerprint density at radius 2 is 1.76 bits per heavy atom. The number of aromatic nitrogens is 1. The molecule has 1 aromatic heterocycles. The first-order valence-corrected chi connectivity index (χ1v) is 15.2. The molecule has 1 fully saturated rings. The maximum absolute atomic E-state index is 13.5. The number of likely N-dealkylation sites (N-methyl/N-ethyl adjacent to an activating group) is 1. The van der Waals surface area contributed by atoms with E-state index < -0.39 is 16.1 Å². The summed E-state index contributed by atoms with van der Waals surface area (Å²) in [6.07, 6.45) is 2.25. The third kappa shape index (κ3) is 6.76. The molecule has 2 heterocycles. The molecule has 4 rings (SSSR count). The van der Waals surface area contributed by atoms with E-state index in [1.807, 2.05) is 37.3 Å². The van der Waals surface area contributed by atoms with Crippen LogP contribution in [0.3, 0.4) is 0 Å². The van der Waals surface area contributed by atoms with Gasteiger partial charge in [0.1, 0.15) is 18.3 Å². The van der Waals surface area contributed by atoms with Gasteiger partial charge < -0.3 is 24.8 Å². The second kappa shape index (κ2) is 13.1. The quantitative estimate of drug-likeness (QED) is 0.286. The molecule has 2 aromatic carbocycles. The van der Waals surface area contributed by atoms with Gasteiger partial charge in [-0.2, -0.15) is 0 Å². The predicted octanol–water partition coefficient (Wildman–Crippen LogP) is 3.59. The number of carbonyl (C=O) groups is 2. The molecular weight excluding hydrogens is 556 g/mol. The van der Waals surface area contributed by atoms with E-state index in [4.69, 9.17) is 4.74 Å². The number of carbonyl (C=O) groups excluding carboxylic acids is 2. The number of hydrogen-bond acceptors (Lipinski definition) is 7. The summed E-state index contributed by atoms with van der Waals surface area (Å²) in [6.45, 7) is 2.67. The maximum atomic E-state index is 13.5. The van der Waals surface area contributed by atoms with Gasteiger partial charge in [0.15, 0.2) is 0 Å². The summed E-state index contributed by atoms with van der Waals surface area (Å²) in [5.41, 5.74) is 2.14. The second-order valence-corrected chi connectivity index (χ2v) is 12.3. The molecule has 1 aliphatic rings. The van der Waals surface area contributed by atoms with Crippen LogP contribution in [0, 0.1) is 12.3 Å². The van der Waals surface area contributed by atoms with Crippen LogP contribution in [0.1, 0.15) is 29.5 Å². The largest absolute Gasteiger partial charge is 0.445 e. The Kier molecular flexibility index (Phi) is 9.56. The highest BCUT2D eigenvalue weighted by Gasteiger charge is 2.34. The van der Waals surface area contributed by atoms with Crippen LogP contribution in [0.5, 0.6) is 0 Å². The predicted molar refractivity (Wildman–Crippen MR) is 161 cm³/mol. The number of nitrogens with zero attached hydrogens (tertiary/aromatic N) is 4. The summed E-state index contributed by atoms with van der Waals surface area (Å²) in [4.78, 5) is 30.7. The Labute approximate surface area is 247 Å². The van der Waals surface area contributed by atoms with Gasteiger partial charge in [0, 0.05) is 46.5 Å². The molecule has 1 saturated heterocycles. The van der Waals surface area contributed by atoms with Crippen LogP contribution in [0.25, 0.3) is 0 Å². The van der Waals surface area contributed by atoms with Crippen molar-refractivity contribution in [3.8, 4) is 0 Å². The summed E-state index contributed by atoms with van der Waals surface area (Å²) in [6, 6.07) is 17.2. The van der Waals surface area contributed by atoms with E-state index in [2.05, 4.69) is 5.32 Å². The summed E-state index contributed by atoms with van der Waals surface area (Å²) in [7, 11) is 0.919. The highest BCUT2D eigenvalue weighted by atomic mass is 32.2. The smallest absolute Gasteiger partial charge is 0.410 e. The number of aryl methyl sites for hydroxylation is 1. The van der Waals surface area contributed by atoms with Crippen LogP contribution in [-0.2, 0) is 26.2 Å². The highest BCUT2D eigenvalue weighted by molar-refractivity contribution is 7.90. The van der Waals surface area contributed by atoms with Gasteiger partial charge in [-0.25, -0.2) is 17.2 Å². The van der Waals surface area contributed by atoms with Crippen molar-refractivity contribution >= 4 is 33.7 Å². The molecule has 0 unspecified atom stereocenters. The van der Waals surface area contributed by atoms with Crippen LogP contribution in [0.4, 0.5) is 10.6 Å². The number of amides is 2. The molecule has 1 atom stereocenters. The van der Waals surface area contributed by atoms with Gasteiger partial charge >= 0.3 is 6.09 Å². The number of anilines is 1. The van der Waals surface area contributed by atoms with Crippen LogP contribution in [0.15, 0.2) is 71.8 Å². The first-order valence-electron chi connectivity index (χ1n) is 13.8. The van der Waals surface area contributed by atoms with Crippen molar-refractivity contribution in [1.29, 1.82) is 5.41 Å². The topological polar surface area (TPSA) is 128 Å². The molecule has 0 saturated carbocycles. The molecule has 42 heavy (non-hydrogen) atoms. The minimum Gasteiger partial charge on any atom is -0.445 e. The standard InChI is InChI=1S/C30H38N6O5S/c1-22-12-14-25(15-13-22)42(39,40)36-18-16-26(29(36)32-2)28(31)35(20-27(37)33(3)4)24-11-8-17-34(19-24)30(38)41-21-23-9-6-5-7-10-23/h5-7,9-10,12-16,18,24,31-32H,8,11,17,19-21H2,1-4H3/t24-/m1/s1. The molecule has 224 valence electrons. The minimum atomic E-state index is -3.95. The van der Waals surface area contributed by atoms with E-state index in [0.717, 1.165) is 15.1 Å². The second-order valence-electron chi connectivity index (χ2n) is 10.5. The van der Waals surface area contributed by atoms with Crippen molar-refractivity contribution in [3.05, 3.63) is 83.6 Å². The molecule has 0 spiro atoms. The number of ether oxygens (including phenoxy) is 1. The minimum absolute atomic E-state index is 0.0168. The third-order valence-electron chi connectivity index (χ3n) is 7.31. The summed E-state index contributed by atoms with van der Waals surface area (Å²) in [5.74, 6) is -0.0315. The molecule has 0 radical (unpaired) electrons. The molecule has 11 nitrogen and oxygen atoms in total. The van der Waals surface area contributed by atoms with Gasteiger partial charge in [-0.3, -0.25) is 10.2 Å². The Hall–Kier alpha value is -4.32. The Balaban J connectivity index is 1.60. The van der Waals surface area contributed by atoms with E-state index in [1.54, 1.807) is 61.3 Å². The van der Waals surface area contributed by atoms with Crippen molar-refractivity contribution < 1.29 is 22.7 Å². The Bertz CT molecular complexity index is 1520. The van der Waals surface area contributed by atoms with E-state index in [9.17, 15) is 23.4 Å². The fraction of sp³-hybridized carbons (Fsp3) is 0.367. The monoisotopic (exact) mass is 594 g/mol. The van der Waals surface area contributed by atoms with Crippen molar-refractivity contribution in [1.82, 2.24) is 18.7 Å². The van der Waals surface area contributed by atoms with E-state index in [1.165, 1.54) is 11.1 Å². The van der Waals surface area contributed by atoms with E-state index in [0.29, 0.717) is 24.9 Å². The van der Waals surface area contributed by atoms with Gasteiger partial charge in [0.25, 0.3) is 10.0 Å². The summed E-state index contributed by atoms with van der Waals surface area (Å²) < 4.78 is 33.7. The van der Waals surface area contributed by atoms with Crippen LogP contribution in [-0.4, -0.2) is 91.7 Å². The lowest BCUT2D eigenvalue weighted by atomic mass is 10.0. The number of nitrogens with one attached hydrogen (secondary N) is 2. The van der Waals surface area contributed by atoms with Gasteiger partial charge in [0.05, 0.1) is 17.0 Å². The molecule has 2 N–H and O–H groups in total. The average molecular weight is 595 g/mol. The molecule has 0 bridgehead atoms. The molecular formula is C30H38N6O5S. The molecule has 1 aliphatic heterocycles. The fourth-order valence-electron chi connectivity index (χ4n) is 4.89. The van der Waals surface area contributed by atoms with Crippen molar-refractivity contribution in [3.63, 3.8) is 0 Å². The lowest BCUT2D eigenvalue weighted by molar-refractivity contribution is -0.129. The number of amidine groups is 1. The normalized spacial score (nSPS) is 15.1. The maximum Gasteiger partial charge on any atom is 0.410 e. The zero-order valence-corrected chi connectivity index (χ0v) is 25.2. The van der Waals surface area contributed by atoms with Crippen LogP contribution >= 0.6 is 0 Å². The van der Waals surface area contributed by atoms with Crippen LogP contribution in [0.2, 0.25) is 0 Å². The lowest BCUT2D eigenvalue weighted by Gasteiger charge is -2.40. The van der Waals surface area contributed by atoms with Crippen molar-refractivity contribution in [2.75, 3.05) is 46.1 Å². The number of likely N-dealkylation sites (tertiary alicyclic amines) is 1. The van der Waals surface area contributed by atoms with Gasteiger partial charge in [0.2, 0.25) is 5.91 Å². The Morgan fingerprint density at radius 1 is 1.07 bits per heavy atom. The van der Waals surface area contributed by atoms with Crippen LogP contribution < -0.4 is 5.32 Å². The van der Waals surface area contributed by atoms with E-state index >= 15 is 0 Å². The fourth-order valence-corrected chi connectivity index (χ4v) is 6.25. The number of rotatable bonds is 9. The summed E-state index contributed by atoms with van der Waals surface area (Å²) >= 11 is 0. The number of hydrogen-bond donors (Lipinski definition) is 2. The van der Waals surface area contributed by atoms with Crippen molar-refractivity contribution in [2.45, 2.75) is 37.3 Å². The van der Waals surface area contributed by atoms with Gasteiger partial charge in [-0.15, -0.1) is 0 Å². The number of piperidine rings is 1. The summed E-state index contributed by atoms with van der Waals surface area (Å²) in [5, 5.41) is 12.1. The highest BCUT2D eigenvalue weighted by Crippen LogP contribution is 2.27. The SMILES string of the molecule is CNc1c(C(=N)N(CC(=O)N(C)C)[C@@H]2CCCN(C(=O)OCc3ccccc3)C2)ccn1S(=O)(=O)c1ccc(C)cc1. The van der Waals surface area contributed by atoms with E-state index in [-0.39, 0.29) is 48.2 Å². The third-order valence-corrected chi connectivity index (χ3v) is 9.00. The lowest BCUT2D eigenvalue weighted by Crippen LogP contribution is -2.54. The number of benzene rings is 2. The van der Waals surface area contributed by atoms with Crippen molar-refractivity contribution in [2.24, 2.45) is 0 Å². The average Bonchev–Trinajstić information content (AvgIpc) is 3.44. The zero-order chi connectivity index (χ0) is 30.4.